The van der Waals surface area contributed by atoms with Gasteiger partial charge in [0.2, 0.25) is 5.91 Å². The van der Waals surface area contributed by atoms with E-state index in [0.29, 0.717) is 11.8 Å². The molecule has 1 amide bonds. The number of ether oxygens (including phenoxy) is 1. The molecule has 1 aromatic heterocycles. The van der Waals surface area contributed by atoms with Gasteiger partial charge < -0.3 is 19.4 Å². The van der Waals surface area contributed by atoms with E-state index in [4.69, 9.17) is 4.74 Å². The minimum absolute atomic E-state index is 0.346. The average Bonchev–Trinajstić information content (AvgIpc) is 3.22. The molecule has 3 heterocycles. The first-order chi connectivity index (χ1) is 12.8. The first kappa shape index (κ1) is 17.5. The van der Waals surface area contributed by atoms with Gasteiger partial charge in [-0.15, -0.1) is 5.10 Å². The van der Waals surface area contributed by atoms with E-state index >= 15 is 0 Å². The molecule has 7 nitrogen and oxygen atoms in total. The molecular weight excluding hydrogens is 330 g/mol. The van der Waals surface area contributed by atoms with Gasteiger partial charge in [-0.25, -0.2) is 0 Å². The molecule has 1 aliphatic carbocycles. The summed E-state index contributed by atoms with van der Waals surface area (Å²) >= 11 is 0. The second-order valence-corrected chi connectivity index (χ2v) is 7.59. The van der Waals surface area contributed by atoms with Crippen molar-refractivity contribution in [3.8, 4) is 0 Å². The molecule has 3 fully saturated rings. The molecule has 2 aliphatic heterocycles. The Morgan fingerprint density at radius 2 is 1.77 bits per heavy atom. The van der Waals surface area contributed by atoms with Crippen LogP contribution in [-0.2, 0) is 9.53 Å². The highest BCUT2D eigenvalue weighted by Crippen LogP contribution is 2.28. The van der Waals surface area contributed by atoms with E-state index in [1.807, 2.05) is 11.1 Å². The van der Waals surface area contributed by atoms with Crippen LogP contribution in [0.15, 0.2) is 12.3 Å². The second-order valence-electron chi connectivity index (χ2n) is 7.59. The fourth-order valence-corrected chi connectivity index (χ4v) is 4.27. The summed E-state index contributed by atoms with van der Waals surface area (Å²) in [4.78, 5) is 19.1. The molecule has 7 heteroatoms. The maximum Gasteiger partial charge on any atom is 0.222 e. The Balaban J connectivity index is 1.32. The highest BCUT2D eigenvalue weighted by Gasteiger charge is 2.25. The van der Waals surface area contributed by atoms with Crippen LogP contribution in [0.2, 0.25) is 0 Å². The fraction of sp³-hybridized carbons (Fsp3) is 0.737. The van der Waals surface area contributed by atoms with Crippen molar-refractivity contribution in [2.45, 2.75) is 32.1 Å². The summed E-state index contributed by atoms with van der Waals surface area (Å²) < 4.78 is 5.41. The number of hydrogen-bond acceptors (Lipinski definition) is 6. The first-order valence-corrected chi connectivity index (χ1v) is 9.98. The quantitative estimate of drug-likeness (QED) is 0.813. The number of morpholine rings is 1. The van der Waals surface area contributed by atoms with Crippen molar-refractivity contribution >= 4 is 17.4 Å². The molecule has 0 radical (unpaired) electrons. The number of hydrogen-bond donors (Lipinski definition) is 0. The molecule has 1 saturated carbocycles. The van der Waals surface area contributed by atoms with Crippen LogP contribution in [-0.4, -0.2) is 73.5 Å². The average molecular weight is 359 g/mol. The van der Waals surface area contributed by atoms with Crippen molar-refractivity contribution in [2.75, 3.05) is 62.3 Å². The molecule has 0 spiro atoms. The van der Waals surface area contributed by atoms with Gasteiger partial charge in [0.1, 0.15) is 0 Å². The molecule has 1 aromatic rings. The van der Waals surface area contributed by atoms with E-state index in [2.05, 4.69) is 26.1 Å². The van der Waals surface area contributed by atoms with Crippen LogP contribution >= 0.6 is 0 Å². The lowest BCUT2D eigenvalue weighted by molar-refractivity contribution is -0.132. The first-order valence-electron chi connectivity index (χ1n) is 9.98. The molecule has 3 aliphatic rings. The van der Waals surface area contributed by atoms with Crippen LogP contribution in [0.4, 0.5) is 11.5 Å². The number of carbonyl (C=O) groups excluding carboxylic acids is 1. The van der Waals surface area contributed by atoms with E-state index in [1.165, 1.54) is 25.7 Å². The summed E-state index contributed by atoms with van der Waals surface area (Å²) in [6.45, 7) is 6.56. The normalized spacial score (nSPS) is 22.1. The van der Waals surface area contributed by atoms with E-state index < -0.39 is 0 Å². The lowest BCUT2D eigenvalue weighted by Gasteiger charge is -2.36. The van der Waals surface area contributed by atoms with Gasteiger partial charge in [0.15, 0.2) is 5.82 Å². The molecule has 0 aromatic carbocycles. The summed E-state index contributed by atoms with van der Waals surface area (Å²) in [7, 11) is 0. The number of piperazine rings is 1. The van der Waals surface area contributed by atoms with Crippen LogP contribution < -0.4 is 9.80 Å². The standard InChI is InChI=1S/C19H29N5O2/c25-19(13-16-3-1-2-4-16)24-7-5-22(6-8-24)17-14-18(21-20-15-17)23-9-11-26-12-10-23/h14-16H,1-13H2. The predicted molar refractivity (Wildman–Crippen MR) is 100 cm³/mol. The van der Waals surface area contributed by atoms with Crippen molar-refractivity contribution in [1.29, 1.82) is 0 Å². The molecule has 0 N–H and O–H groups in total. The third-order valence-corrected chi connectivity index (χ3v) is 5.90. The maximum atomic E-state index is 12.5. The van der Waals surface area contributed by atoms with Crippen LogP contribution in [0.1, 0.15) is 32.1 Å². The van der Waals surface area contributed by atoms with Crippen molar-refractivity contribution < 1.29 is 9.53 Å². The molecule has 142 valence electrons. The van der Waals surface area contributed by atoms with Gasteiger partial charge in [-0.2, -0.15) is 5.10 Å². The number of anilines is 2. The number of carbonyl (C=O) groups is 1. The number of rotatable bonds is 4. The Labute approximate surface area is 155 Å². The second kappa shape index (κ2) is 8.20. The van der Waals surface area contributed by atoms with Crippen LogP contribution in [0, 0.1) is 5.92 Å². The van der Waals surface area contributed by atoms with E-state index in [9.17, 15) is 4.79 Å². The monoisotopic (exact) mass is 359 g/mol. The fourth-order valence-electron chi connectivity index (χ4n) is 4.27. The number of amides is 1. The molecule has 26 heavy (non-hydrogen) atoms. The third-order valence-electron chi connectivity index (χ3n) is 5.90. The highest BCUT2D eigenvalue weighted by molar-refractivity contribution is 5.76. The minimum atomic E-state index is 0.346. The minimum Gasteiger partial charge on any atom is -0.378 e. The summed E-state index contributed by atoms with van der Waals surface area (Å²) in [5.41, 5.74) is 1.10. The zero-order valence-electron chi connectivity index (χ0n) is 15.5. The Kier molecular flexibility index (Phi) is 5.53. The van der Waals surface area contributed by atoms with E-state index in [1.54, 1.807) is 0 Å². The molecular formula is C19H29N5O2. The van der Waals surface area contributed by atoms with E-state index in [0.717, 1.165) is 70.4 Å². The highest BCUT2D eigenvalue weighted by atomic mass is 16.5. The van der Waals surface area contributed by atoms with Gasteiger partial charge in [0.05, 0.1) is 25.1 Å². The topological polar surface area (TPSA) is 61.8 Å². The molecule has 2 saturated heterocycles. The van der Waals surface area contributed by atoms with Gasteiger partial charge in [-0.1, -0.05) is 12.8 Å². The molecule has 0 unspecified atom stereocenters. The molecule has 4 rings (SSSR count). The zero-order valence-corrected chi connectivity index (χ0v) is 15.5. The SMILES string of the molecule is O=C(CC1CCCC1)N1CCN(c2cnnc(N3CCOCC3)c2)CC1. The van der Waals surface area contributed by atoms with Crippen LogP contribution in [0.3, 0.4) is 0 Å². The van der Waals surface area contributed by atoms with Crippen molar-refractivity contribution in [3.63, 3.8) is 0 Å². The Morgan fingerprint density at radius 3 is 2.50 bits per heavy atom. The maximum absolute atomic E-state index is 12.5. The summed E-state index contributed by atoms with van der Waals surface area (Å²) in [5, 5.41) is 8.49. The molecule has 0 atom stereocenters. The summed E-state index contributed by atoms with van der Waals surface area (Å²) in [6, 6.07) is 2.12. The van der Waals surface area contributed by atoms with Crippen LogP contribution in [0.5, 0.6) is 0 Å². The van der Waals surface area contributed by atoms with Gasteiger partial charge in [-0.05, 0) is 18.8 Å². The van der Waals surface area contributed by atoms with Gasteiger partial charge in [0.25, 0.3) is 0 Å². The lowest BCUT2D eigenvalue weighted by Crippen LogP contribution is -2.49. The Morgan fingerprint density at radius 1 is 1.04 bits per heavy atom. The van der Waals surface area contributed by atoms with Crippen molar-refractivity contribution in [2.24, 2.45) is 5.92 Å². The van der Waals surface area contributed by atoms with E-state index in [-0.39, 0.29) is 0 Å². The lowest BCUT2D eigenvalue weighted by atomic mass is 10.0. The largest absolute Gasteiger partial charge is 0.378 e. The predicted octanol–water partition coefficient (Wildman–Crippen LogP) is 1.54. The van der Waals surface area contributed by atoms with Gasteiger partial charge in [-0.3, -0.25) is 4.79 Å². The van der Waals surface area contributed by atoms with Crippen LogP contribution in [0.25, 0.3) is 0 Å². The smallest absolute Gasteiger partial charge is 0.222 e. The number of nitrogens with zero attached hydrogens (tertiary/aromatic N) is 5. The van der Waals surface area contributed by atoms with Crippen molar-refractivity contribution in [1.82, 2.24) is 15.1 Å². The zero-order chi connectivity index (χ0) is 17.8. The van der Waals surface area contributed by atoms with Gasteiger partial charge >= 0.3 is 0 Å². The Hall–Kier alpha value is -1.89. The third kappa shape index (κ3) is 4.09. The Bertz CT molecular complexity index is 606. The summed E-state index contributed by atoms with van der Waals surface area (Å²) in [5.74, 6) is 1.89. The van der Waals surface area contributed by atoms with Gasteiger partial charge in [0, 0.05) is 51.8 Å². The molecule has 0 bridgehead atoms. The summed E-state index contributed by atoms with van der Waals surface area (Å²) in [6.07, 6.45) is 7.65. The number of aromatic nitrogens is 2. The van der Waals surface area contributed by atoms with Crippen molar-refractivity contribution in [3.05, 3.63) is 12.3 Å².